The number of amides is 1. The van der Waals surface area contributed by atoms with Crippen molar-refractivity contribution in [2.75, 3.05) is 40.9 Å². The number of carbonyl (C=O) groups is 1. The van der Waals surface area contributed by atoms with Gasteiger partial charge in [0.1, 0.15) is 13.2 Å². The molecule has 0 aromatic heterocycles. The van der Waals surface area contributed by atoms with Gasteiger partial charge < -0.3 is 19.8 Å². The van der Waals surface area contributed by atoms with Gasteiger partial charge in [0, 0.05) is 6.42 Å². The zero-order valence-electron chi connectivity index (χ0n) is 49.5. The van der Waals surface area contributed by atoms with E-state index in [-0.39, 0.29) is 19.1 Å². The summed E-state index contributed by atoms with van der Waals surface area (Å²) in [5, 5.41) is 13.9. The monoisotopic (exact) mass is 1070 g/mol. The Morgan fingerprint density at radius 1 is 0.467 bits per heavy atom. The van der Waals surface area contributed by atoms with Gasteiger partial charge in [0.15, 0.2) is 0 Å². The fourth-order valence-electron chi connectivity index (χ4n) is 8.71. The van der Waals surface area contributed by atoms with E-state index in [0.29, 0.717) is 17.4 Å². The van der Waals surface area contributed by atoms with Crippen molar-refractivity contribution in [1.82, 2.24) is 5.32 Å². The van der Waals surface area contributed by atoms with Crippen molar-refractivity contribution in [3.63, 3.8) is 0 Å². The van der Waals surface area contributed by atoms with Crippen molar-refractivity contribution in [1.29, 1.82) is 0 Å². The van der Waals surface area contributed by atoms with Crippen LogP contribution in [0, 0.1) is 0 Å². The first-order chi connectivity index (χ1) is 36.5. The Balaban J connectivity index is 3.97. The minimum Gasteiger partial charge on any atom is -0.387 e. The van der Waals surface area contributed by atoms with Gasteiger partial charge in [0.2, 0.25) is 5.91 Å². The van der Waals surface area contributed by atoms with Crippen LogP contribution in [0.5, 0.6) is 0 Å². The molecule has 0 radical (unpaired) electrons. The molecule has 3 N–H and O–H groups in total. The number of phosphoric ester groups is 1. The number of hydrogen-bond acceptors (Lipinski definition) is 5. The first kappa shape index (κ1) is 72.4. The molecule has 0 aromatic carbocycles. The first-order valence-electron chi connectivity index (χ1n) is 31.1. The zero-order chi connectivity index (χ0) is 54.9. The fraction of sp³-hybridized carbons (Fsp3) is 0.742. The summed E-state index contributed by atoms with van der Waals surface area (Å²) in [5.74, 6) is -0.187. The maximum atomic E-state index is 13.0. The van der Waals surface area contributed by atoms with E-state index in [4.69, 9.17) is 9.05 Å². The lowest BCUT2D eigenvalue weighted by molar-refractivity contribution is -0.870. The Morgan fingerprint density at radius 2 is 0.813 bits per heavy atom. The van der Waals surface area contributed by atoms with Crippen LogP contribution in [0.1, 0.15) is 264 Å². The normalized spacial score (nSPS) is 14.5. The Kier molecular flexibility index (Phi) is 54.2. The van der Waals surface area contributed by atoms with Gasteiger partial charge in [-0.3, -0.25) is 13.8 Å². The third-order valence-corrected chi connectivity index (χ3v) is 14.5. The zero-order valence-corrected chi connectivity index (χ0v) is 50.4. The molecule has 0 saturated heterocycles. The summed E-state index contributed by atoms with van der Waals surface area (Å²) in [6.07, 6.45) is 81.1. The molecule has 1 amide bonds. The van der Waals surface area contributed by atoms with E-state index in [0.717, 1.165) is 77.0 Å². The van der Waals surface area contributed by atoms with E-state index in [1.165, 1.54) is 167 Å². The Morgan fingerprint density at radius 3 is 1.23 bits per heavy atom. The third-order valence-electron chi connectivity index (χ3n) is 13.5. The van der Waals surface area contributed by atoms with Crippen molar-refractivity contribution in [3.05, 3.63) is 97.2 Å². The second-order valence-electron chi connectivity index (χ2n) is 22.0. The van der Waals surface area contributed by atoms with Gasteiger partial charge in [0.05, 0.1) is 39.9 Å². The molecule has 0 spiro atoms. The number of aliphatic hydroxyl groups excluding tert-OH is 1. The molecule has 0 aromatic rings. The molecule has 3 atom stereocenters. The van der Waals surface area contributed by atoms with Crippen LogP contribution in [0.15, 0.2) is 97.2 Å². The number of unbranched alkanes of at least 4 members (excludes halogenated alkanes) is 29. The number of aliphatic hydroxyl groups is 1. The van der Waals surface area contributed by atoms with Crippen LogP contribution in [0.4, 0.5) is 0 Å². The molecular weight excluding hydrogens is 948 g/mol. The average Bonchev–Trinajstić information content (AvgIpc) is 3.37. The number of phosphoric acid groups is 1. The summed E-state index contributed by atoms with van der Waals surface area (Å²) in [6.45, 7) is 4.68. The highest BCUT2D eigenvalue weighted by atomic mass is 31.2. The van der Waals surface area contributed by atoms with Crippen LogP contribution in [-0.4, -0.2) is 73.4 Å². The van der Waals surface area contributed by atoms with E-state index in [1.54, 1.807) is 6.08 Å². The molecule has 8 nitrogen and oxygen atoms in total. The summed E-state index contributed by atoms with van der Waals surface area (Å²) in [4.78, 5) is 23.3. The Labute approximate surface area is 464 Å². The number of quaternary nitrogens is 1. The fourth-order valence-corrected chi connectivity index (χ4v) is 9.45. The average molecular weight is 1070 g/mol. The van der Waals surface area contributed by atoms with Crippen molar-refractivity contribution in [3.8, 4) is 0 Å². The lowest BCUT2D eigenvalue weighted by atomic mass is 10.0. The Hall–Kier alpha value is -2.58. The van der Waals surface area contributed by atoms with E-state index in [1.807, 2.05) is 27.2 Å². The van der Waals surface area contributed by atoms with Crippen LogP contribution in [-0.2, 0) is 18.4 Å². The van der Waals surface area contributed by atoms with Crippen LogP contribution >= 0.6 is 7.82 Å². The molecular formula is C66H120N2O6P+. The van der Waals surface area contributed by atoms with E-state index < -0.39 is 20.0 Å². The van der Waals surface area contributed by atoms with E-state index in [2.05, 4.69) is 104 Å². The highest BCUT2D eigenvalue weighted by Crippen LogP contribution is 2.43. The molecule has 0 bridgehead atoms. The number of rotatable bonds is 56. The summed E-state index contributed by atoms with van der Waals surface area (Å²) in [6, 6.07) is -0.865. The van der Waals surface area contributed by atoms with Crippen molar-refractivity contribution in [2.45, 2.75) is 276 Å². The SMILES string of the molecule is CC/C=C\C/C=C\C/C=C\C/C=C\C/C=C\C/C=C\CCCCCCCCCCCCCCCCCCCCCCC(=O)NC(COP(=O)(O)OCC[N+](C)(C)C)C(O)/C=C/CC/C=C/CCCCCCCCCC. The number of likely N-dealkylation sites (N-methyl/N-ethyl adjacent to an activating group) is 1. The number of nitrogens with one attached hydrogen (secondary N) is 1. The van der Waals surface area contributed by atoms with Gasteiger partial charge in [-0.25, -0.2) is 4.57 Å². The van der Waals surface area contributed by atoms with Crippen molar-refractivity contribution >= 4 is 13.7 Å². The smallest absolute Gasteiger partial charge is 0.387 e. The minimum atomic E-state index is -4.36. The summed E-state index contributed by atoms with van der Waals surface area (Å²) in [7, 11) is 1.55. The maximum absolute atomic E-state index is 13.0. The molecule has 0 saturated carbocycles. The van der Waals surface area contributed by atoms with Crippen LogP contribution < -0.4 is 5.32 Å². The number of carbonyl (C=O) groups excluding carboxylic acids is 1. The summed E-state index contributed by atoms with van der Waals surface area (Å²) in [5.41, 5.74) is 0. The molecule has 9 heteroatoms. The molecule has 0 fully saturated rings. The second-order valence-corrected chi connectivity index (χ2v) is 23.5. The molecule has 0 rings (SSSR count). The van der Waals surface area contributed by atoms with Gasteiger partial charge in [-0.05, 0) is 83.5 Å². The summed E-state index contributed by atoms with van der Waals surface area (Å²) < 4.78 is 23.7. The van der Waals surface area contributed by atoms with Crippen molar-refractivity contribution in [2.24, 2.45) is 0 Å². The molecule has 0 aliphatic rings. The molecule has 0 heterocycles. The van der Waals surface area contributed by atoms with Gasteiger partial charge >= 0.3 is 7.82 Å². The molecule has 3 unspecified atom stereocenters. The first-order valence-corrected chi connectivity index (χ1v) is 32.6. The van der Waals surface area contributed by atoms with E-state index >= 15 is 0 Å². The Bertz CT molecular complexity index is 1540. The van der Waals surface area contributed by atoms with E-state index in [9.17, 15) is 19.4 Å². The quantitative estimate of drug-likeness (QED) is 0.0243. The van der Waals surface area contributed by atoms with Gasteiger partial charge in [-0.1, -0.05) is 272 Å². The largest absolute Gasteiger partial charge is 0.472 e. The predicted octanol–water partition coefficient (Wildman–Crippen LogP) is 19.4. The van der Waals surface area contributed by atoms with Gasteiger partial charge in [-0.2, -0.15) is 0 Å². The second kappa shape index (κ2) is 56.2. The third kappa shape index (κ3) is 58.9. The lowest BCUT2D eigenvalue weighted by Gasteiger charge is -2.25. The molecule has 0 aliphatic heterocycles. The minimum absolute atomic E-state index is 0.0545. The highest BCUT2D eigenvalue weighted by molar-refractivity contribution is 7.47. The lowest BCUT2D eigenvalue weighted by Crippen LogP contribution is -2.45. The van der Waals surface area contributed by atoms with Gasteiger partial charge in [-0.15, -0.1) is 0 Å². The summed E-state index contributed by atoms with van der Waals surface area (Å²) >= 11 is 0. The molecule has 0 aliphatic carbocycles. The van der Waals surface area contributed by atoms with Crippen LogP contribution in [0.25, 0.3) is 0 Å². The van der Waals surface area contributed by atoms with Crippen LogP contribution in [0.2, 0.25) is 0 Å². The molecule has 75 heavy (non-hydrogen) atoms. The topological polar surface area (TPSA) is 105 Å². The van der Waals surface area contributed by atoms with Crippen LogP contribution in [0.3, 0.4) is 0 Å². The number of nitrogens with zero attached hydrogens (tertiary/aromatic N) is 1. The molecule has 434 valence electrons. The predicted molar refractivity (Wildman–Crippen MR) is 327 cm³/mol. The highest BCUT2D eigenvalue weighted by Gasteiger charge is 2.27. The number of hydrogen-bond donors (Lipinski definition) is 3. The number of allylic oxidation sites excluding steroid dienone is 15. The van der Waals surface area contributed by atoms with Crippen molar-refractivity contribution < 1.29 is 32.9 Å². The maximum Gasteiger partial charge on any atom is 0.472 e. The standard InChI is InChI=1S/C66H119N2O6P/c1-6-8-10-12-14-16-18-20-22-23-24-25-26-27-28-29-30-31-32-33-34-35-36-37-38-39-40-41-42-43-44-45-46-48-50-52-54-56-58-60-66(70)67-64(63-74-75(71,72)73-62-61-68(3,4)5)65(69)59-57-55-53-51-49-47-21-19-17-15-13-11-9-7-2/h8,10,14,16,20,22,24-25,27-28,30-31,49,51,57,59,64-65,69H,6-7,9,11-13,15,17-19,21,23,26,29,32-48,50,52-56,58,60-63H2,1-5H3,(H-,67,70,71,72)/p+1/b10-8-,16-14-,22-20-,25-24-,28-27-,31-30-,51-49+,59-57+. The van der Waals surface area contributed by atoms with Gasteiger partial charge in [0.25, 0.3) is 0 Å².